The molecule has 1 aromatic heterocycles. The Labute approximate surface area is 82.3 Å². The van der Waals surface area contributed by atoms with Gasteiger partial charge in [0.1, 0.15) is 0 Å². The van der Waals surface area contributed by atoms with Crippen LogP contribution < -0.4 is 5.04 Å². The maximum absolute atomic E-state index is 5.25. The SMILES string of the molecule is COP(OC)c1cc(C)c(C)cp1. The van der Waals surface area contributed by atoms with Gasteiger partial charge >= 0.3 is 0 Å². The Kier molecular flexibility index (Phi) is 4.28. The van der Waals surface area contributed by atoms with E-state index in [-0.39, 0.29) is 0 Å². The van der Waals surface area contributed by atoms with Crippen molar-refractivity contribution in [2.45, 2.75) is 13.8 Å². The highest BCUT2D eigenvalue weighted by molar-refractivity contribution is 7.67. The summed E-state index contributed by atoms with van der Waals surface area (Å²) in [5.74, 6) is 2.19. The highest BCUT2D eigenvalue weighted by atomic mass is 31.2. The molecule has 13 heavy (non-hydrogen) atoms. The van der Waals surface area contributed by atoms with Crippen LogP contribution in [0.3, 0.4) is 0 Å². The van der Waals surface area contributed by atoms with Crippen molar-refractivity contribution >= 4 is 21.6 Å². The summed E-state index contributed by atoms with van der Waals surface area (Å²) < 4.78 is 10.5. The Bertz CT molecular complexity index is 285. The molecule has 1 aromatic rings. The third-order valence-corrected chi connectivity index (χ3v) is 4.79. The number of aryl methyl sites for hydroxylation is 2. The second-order valence-electron chi connectivity index (χ2n) is 2.75. The zero-order valence-electron chi connectivity index (χ0n) is 8.37. The minimum absolute atomic E-state index is 0.837. The molecule has 0 fully saturated rings. The highest BCUT2D eigenvalue weighted by Gasteiger charge is 2.10. The fourth-order valence-corrected chi connectivity index (χ4v) is 3.63. The number of hydrogen-bond donors (Lipinski definition) is 0. The topological polar surface area (TPSA) is 18.5 Å². The van der Waals surface area contributed by atoms with Crippen LogP contribution in [0.15, 0.2) is 11.9 Å². The van der Waals surface area contributed by atoms with E-state index in [2.05, 4.69) is 25.7 Å². The Balaban J connectivity index is 2.95. The van der Waals surface area contributed by atoms with Gasteiger partial charge in [-0.3, -0.25) is 0 Å². The van der Waals surface area contributed by atoms with Crippen LogP contribution in [0.4, 0.5) is 0 Å². The van der Waals surface area contributed by atoms with Crippen LogP contribution in [-0.4, -0.2) is 14.2 Å². The molecule has 0 N–H and O–H groups in total. The number of rotatable bonds is 3. The van der Waals surface area contributed by atoms with Gasteiger partial charge in [0.25, 0.3) is 0 Å². The molecule has 0 aromatic carbocycles. The summed E-state index contributed by atoms with van der Waals surface area (Å²) in [5.41, 5.74) is 2.64. The monoisotopic (exact) mass is 216 g/mol. The summed E-state index contributed by atoms with van der Waals surface area (Å²) >= 11 is 0. The minimum atomic E-state index is -0.837. The van der Waals surface area contributed by atoms with Gasteiger partial charge < -0.3 is 9.05 Å². The van der Waals surface area contributed by atoms with Crippen LogP contribution in [0.2, 0.25) is 0 Å². The van der Waals surface area contributed by atoms with E-state index in [9.17, 15) is 0 Å². The first-order chi connectivity index (χ1) is 6.19. The molecule has 72 valence electrons. The van der Waals surface area contributed by atoms with E-state index in [1.807, 2.05) is 0 Å². The van der Waals surface area contributed by atoms with Gasteiger partial charge in [0.15, 0.2) is 0 Å². The second kappa shape index (κ2) is 5.02. The molecule has 0 radical (unpaired) electrons. The van der Waals surface area contributed by atoms with Crippen LogP contribution in [0.1, 0.15) is 11.1 Å². The molecule has 0 atom stereocenters. The number of hydrogen-bond acceptors (Lipinski definition) is 2. The minimum Gasteiger partial charge on any atom is -0.334 e. The Morgan fingerprint density at radius 1 is 1.15 bits per heavy atom. The lowest BCUT2D eigenvalue weighted by Crippen LogP contribution is -2.00. The average Bonchev–Trinajstić information content (AvgIpc) is 2.13. The lowest BCUT2D eigenvalue weighted by Gasteiger charge is -2.12. The van der Waals surface area contributed by atoms with Crippen LogP contribution in [0.25, 0.3) is 0 Å². The normalized spacial score (nSPS) is 11.5. The third kappa shape index (κ3) is 2.72. The van der Waals surface area contributed by atoms with Gasteiger partial charge in [0, 0.05) is 14.2 Å². The second-order valence-corrected chi connectivity index (χ2v) is 5.83. The van der Waals surface area contributed by atoms with Gasteiger partial charge in [-0.15, -0.1) is 0 Å². The summed E-state index contributed by atoms with van der Waals surface area (Å²) in [6, 6.07) is 2.16. The molecule has 1 rings (SSSR count). The molecule has 0 bridgehead atoms. The van der Waals surface area contributed by atoms with Crippen molar-refractivity contribution in [2.24, 2.45) is 0 Å². The van der Waals surface area contributed by atoms with E-state index in [1.54, 1.807) is 14.2 Å². The molecule has 0 amide bonds. The molecule has 0 aliphatic rings. The summed E-state index contributed by atoms with van der Waals surface area (Å²) in [4.78, 5) is 0. The predicted octanol–water partition coefficient (Wildman–Crippen LogP) is 3.11. The third-order valence-electron chi connectivity index (χ3n) is 1.88. The van der Waals surface area contributed by atoms with E-state index in [4.69, 9.17) is 9.05 Å². The zero-order chi connectivity index (χ0) is 9.84. The lowest BCUT2D eigenvalue weighted by atomic mass is 10.2. The molecular formula is C9H14O2P2. The molecule has 1 heterocycles. The van der Waals surface area contributed by atoms with Gasteiger partial charge in [-0.25, -0.2) is 0 Å². The standard InChI is InChI=1S/C9H14O2P2/c1-7-5-9(12-6-8(7)2)13(10-3)11-4/h5-6H,1-4H3. The molecule has 4 heteroatoms. The molecule has 0 saturated heterocycles. The van der Waals surface area contributed by atoms with Gasteiger partial charge in [-0.2, -0.15) is 0 Å². The smallest absolute Gasteiger partial charge is 0.209 e. The fourth-order valence-electron chi connectivity index (χ4n) is 0.971. The lowest BCUT2D eigenvalue weighted by molar-refractivity contribution is 0.350. The van der Waals surface area contributed by atoms with Crippen molar-refractivity contribution in [3.63, 3.8) is 0 Å². The molecular weight excluding hydrogens is 202 g/mol. The van der Waals surface area contributed by atoms with Gasteiger partial charge in [0.2, 0.25) is 8.38 Å². The van der Waals surface area contributed by atoms with E-state index in [1.165, 1.54) is 24.4 Å². The summed E-state index contributed by atoms with van der Waals surface area (Å²) in [6.45, 7) is 4.23. The van der Waals surface area contributed by atoms with Crippen molar-refractivity contribution in [3.05, 3.63) is 23.0 Å². The molecule has 2 nitrogen and oxygen atoms in total. The van der Waals surface area contributed by atoms with Crippen LogP contribution in [-0.2, 0) is 9.05 Å². The Hall–Kier alpha value is 0. The predicted molar refractivity (Wildman–Crippen MR) is 59.0 cm³/mol. The van der Waals surface area contributed by atoms with Gasteiger partial charge in [-0.1, -0.05) is 8.19 Å². The van der Waals surface area contributed by atoms with Crippen LogP contribution >= 0.6 is 16.6 Å². The zero-order valence-corrected chi connectivity index (χ0v) is 10.2. The first-order valence-corrected chi connectivity index (χ1v) is 6.14. The summed E-state index contributed by atoms with van der Waals surface area (Å²) in [5, 5.41) is 1.23. The van der Waals surface area contributed by atoms with E-state index in [0.29, 0.717) is 0 Å². The Morgan fingerprint density at radius 3 is 2.23 bits per heavy atom. The van der Waals surface area contributed by atoms with Crippen LogP contribution in [0.5, 0.6) is 0 Å². The molecule has 0 saturated carbocycles. The van der Waals surface area contributed by atoms with Crippen molar-refractivity contribution in [1.29, 1.82) is 0 Å². The quantitative estimate of drug-likeness (QED) is 0.722. The van der Waals surface area contributed by atoms with Crippen molar-refractivity contribution < 1.29 is 9.05 Å². The van der Waals surface area contributed by atoms with Crippen molar-refractivity contribution in [3.8, 4) is 0 Å². The van der Waals surface area contributed by atoms with E-state index < -0.39 is 8.38 Å². The average molecular weight is 216 g/mol. The van der Waals surface area contributed by atoms with Crippen molar-refractivity contribution in [1.82, 2.24) is 0 Å². The summed E-state index contributed by atoms with van der Waals surface area (Å²) in [6.07, 6.45) is 0. The summed E-state index contributed by atoms with van der Waals surface area (Å²) in [7, 11) is 3.74. The fraction of sp³-hybridized carbons (Fsp3) is 0.444. The van der Waals surface area contributed by atoms with E-state index >= 15 is 0 Å². The van der Waals surface area contributed by atoms with Crippen molar-refractivity contribution in [2.75, 3.05) is 14.2 Å². The highest BCUT2D eigenvalue weighted by Crippen LogP contribution is 2.38. The van der Waals surface area contributed by atoms with Gasteiger partial charge in [-0.05, 0) is 36.8 Å². The van der Waals surface area contributed by atoms with Gasteiger partial charge in [0.05, 0.1) is 5.04 Å². The largest absolute Gasteiger partial charge is 0.334 e. The van der Waals surface area contributed by atoms with Crippen LogP contribution in [0, 0.1) is 13.8 Å². The molecule has 0 aliphatic carbocycles. The first kappa shape index (κ1) is 11.1. The maximum atomic E-state index is 5.25. The Morgan fingerprint density at radius 2 is 1.77 bits per heavy atom. The molecule has 0 spiro atoms. The van der Waals surface area contributed by atoms with E-state index in [0.717, 1.165) is 0 Å². The maximum Gasteiger partial charge on any atom is 0.209 e. The first-order valence-electron chi connectivity index (χ1n) is 4.00. The molecule has 0 aliphatic heterocycles. The molecule has 0 unspecified atom stereocenters.